The van der Waals surface area contributed by atoms with Crippen molar-refractivity contribution in [3.63, 3.8) is 0 Å². The quantitative estimate of drug-likeness (QED) is 0.678. The smallest absolute Gasteiger partial charge is 0.227 e. The molecule has 1 amide bonds. The summed E-state index contributed by atoms with van der Waals surface area (Å²) in [6.07, 6.45) is 5.24. The topological polar surface area (TPSA) is 44.1 Å². The van der Waals surface area contributed by atoms with E-state index in [4.69, 9.17) is 0 Å². The fraction of sp³-hybridized carbons (Fsp3) is 0.692. The van der Waals surface area contributed by atoms with Gasteiger partial charge in [-0.05, 0) is 32.1 Å². The summed E-state index contributed by atoms with van der Waals surface area (Å²) in [5.41, 5.74) is 0. The largest absolute Gasteiger partial charge is 0.343 e. The fourth-order valence-corrected chi connectivity index (χ4v) is 3.08. The van der Waals surface area contributed by atoms with Gasteiger partial charge >= 0.3 is 0 Å². The lowest BCUT2D eigenvalue weighted by atomic mass is 9.83. The highest BCUT2D eigenvalue weighted by molar-refractivity contribution is 5.81. The van der Waals surface area contributed by atoms with Crippen molar-refractivity contribution in [2.24, 2.45) is 23.7 Å². The van der Waals surface area contributed by atoms with Crippen LogP contribution in [0.1, 0.15) is 20.3 Å². The molecule has 0 saturated heterocycles. The first kappa shape index (κ1) is 11.2. The second kappa shape index (κ2) is 4.29. The molecular weight excluding hydrogens is 200 g/mol. The maximum absolute atomic E-state index is 12.3. The standard InChI is InChI=1S/C13H18N2O/c1-3-15(4-2)13(16)12-10-6-5-9(7-10)11(12)8-14/h5-6,9-12H,3-4,7H2,1-2H3. The molecule has 16 heavy (non-hydrogen) atoms. The lowest BCUT2D eigenvalue weighted by Crippen LogP contribution is -2.40. The Kier molecular flexibility index (Phi) is 3.00. The van der Waals surface area contributed by atoms with Crippen molar-refractivity contribution in [2.45, 2.75) is 20.3 Å². The monoisotopic (exact) mass is 218 g/mol. The maximum atomic E-state index is 12.3. The Bertz CT molecular complexity index is 351. The molecule has 4 unspecified atom stereocenters. The van der Waals surface area contributed by atoms with Crippen LogP contribution in [0, 0.1) is 35.0 Å². The van der Waals surface area contributed by atoms with E-state index in [1.165, 1.54) is 0 Å². The van der Waals surface area contributed by atoms with Crippen LogP contribution in [0.2, 0.25) is 0 Å². The highest BCUT2D eigenvalue weighted by Crippen LogP contribution is 2.48. The summed E-state index contributed by atoms with van der Waals surface area (Å²) in [5, 5.41) is 9.18. The van der Waals surface area contributed by atoms with Crippen molar-refractivity contribution in [1.29, 1.82) is 5.26 Å². The molecule has 1 fully saturated rings. The summed E-state index contributed by atoms with van der Waals surface area (Å²) in [6, 6.07) is 2.33. The minimum Gasteiger partial charge on any atom is -0.343 e. The number of rotatable bonds is 3. The Labute approximate surface area is 96.7 Å². The summed E-state index contributed by atoms with van der Waals surface area (Å²) >= 11 is 0. The molecule has 0 aromatic heterocycles. The zero-order chi connectivity index (χ0) is 11.7. The first-order valence-corrected chi connectivity index (χ1v) is 6.09. The van der Waals surface area contributed by atoms with E-state index in [-0.39, 0.29) is 17.7 Å². The van der Waals surface area contributed by atoms with E-state index in [0.29, 0.717) is 11.8 Å². The highest BCUT2D eigenvalue weighted by Gasteiger charge is 2.49. The molecule has 4 atom stereocenters. The summed E-state index contributed by atoms with van der Waals surface area (Å²) < 4.78 is 0. The van der Waals surface area contributed by atoms with Gasteiger partial charge in [0, 0.05) is 13.1 Å². The molecule has 0 aliphatic heterocycles. The third kappa shape index (κ3) is 1.53. The van der Waals surface area contributed by atoms with Crippen LogP contribution < -0.4 is 0 Å². The Morgan fingerprint density at radius 1 is 1.38 bits per heavy atom. The first-order chi connectivity index (χ1) is 7.72. The van der Waals surface area contributed by atoms with Gasteiger partial charge in [0.15, 0.2) is 0 Å². The summed E-state index contributed by atoms with van der Waals surface area (Å²) in [4.78, 5) is 14.2. The van der Waals surface area contributed by atoms with Crippen LogP contribution in [0.15, 0.2) is 12.2 Å². The molecule has 2 aliphatic rings. The van der Waals surface area contributed by atoms with Crippen molar-refractivity contribution in [2.75, 3.05) is 13.1 Å². The molecule has 3 heteroatoms. The Morgan fingerprint density at radius 2 is 2.00 bits per heavy atom. The van der Waals surface area contributed by atoms with Crippen molar-refractivity contribution in [3.05, 3.63) is 12.2 Å². The van der Waals surface area contributed by atoms with Gasteiger partial charge in [0.1, 0.15) is 0 Å². The summed E-state index contributed by atoms with van der Waals surface area (Å²) in [6.45, 7) is 5.47. The van der Waals surface area contributed by atoms with Crippen molar-refractivity contribution < 1.29 is 4.79 Å². The van der Waals surface area contributed by atoms with E-state index < -0.39 is 0 Å². The number of carbonyl (C=O) groups excluding carboxylic acids is 1. The van der Waals surface area contributed by atoms with Crippen LogP contribution in [-0.4, -0.2) is 23.9 Å². The zero-order valence-corrected chi connectivity index (χ0v) is 9.89. The van der Waals surface area contributed by atoms with Gasteiger partial charge in [-0.3, -0.25) is 4.79 Å². The molecule has 3 nitrogen and oxygen atoms in total. The van der Waals surface area contributed by atoms with Crippen LogP contribution in [0.3, 0.4) is 0 Å². The van der Waals surface area contributed by atoms with Crippen molar-refractivity contribution >= 4 is 5.91 Å². The predicted molar refractivity (Wildman–Crippen MR) is 61.3 cm³/mol. The third-order valence-electron chi connectivity index (χ3n) is 3.97. The van der Waals surface area contributed by atoms with E-state index >= 15 is 0 Å². The molecule has 0 aromatic rings. The third-order valence-corrected chi connectivity index (χ3v) is 3.97. The molecular formula is C13H18N2O. The molecule has 0 heterocycles. The first-order valence-electron chi connectivity index (χ1n) is 6.09. The van der Waals surface area contributed by atoms with Gasteiger partial charge < -0.3 is 4.90 Å². The number of hydrogen-bond donors (Lipinski definition) is 0. The Balaban J connectivity index is 2.18. The lowest BCUT2D eigenvalue weighted by molar-refractivity contribution is -0.136. The summed E-state index contributed by atoms with van der Waals surface area (Å²) in [7, 11) is 0. The molecule has 0 aromatic carbocycles. The molecule has 0 N–H and O–H groups in total. The van der Waals surface area contributed by atoms with Gasteiger partial charge in [-0.25, -0.2) is 0 Å². The number of nitriles is 1. The fourth-order valence-electron chi connectivity index (χ4n) is 3.08. The predicted octanol–water partition coefficient (Wildman–Crippen LogP) is 1.82. The van der Waals surface area contributed by atoms with Crippen LogP contribution in [0.25, 0.3) is 0 Å². The van der Waals surface area contributed by atoms with E-state index in [1.54, 1.807) is 0 Å². The molecule has 2 rings (SSSR count). The van der Waals surface area contributed by atoms with Gasteiger partial charge in [-0.1, -0.05) is 12.2 Å². The average molecular weight is 218 g/mol. The minimum atomic E-state index is -0.0944. The molecule has 1 saturated carbocycles. The van der Waals surface area contributed by atoms with Gasteiger partial charge in [0.05, 0.1) is 17.9 Å². The van der Waals surface area contributed by atoms with Crippen LogP contribution in [0.4, 0.5) is 0 Å². The lowest BCUT2D eigenvalue weighted by Gasteiger charge is -2.28. The van der Waals surface area contributed by atoms with Gasteiger partial charge in [0.2, 0.25) is 5.91 Å². The minimum absolute atomic E-state index is 0.0834. The second-order valence-electron chi connectivity index (χ2n) is 4.64. The molecule has 86 valence electrons. The summed E-state index contributed by atoms with van der Waals surface area (Å²) in [5.74, 6) is 0.624. The maximum Gasteiger partial charge on any atom is 0.227 e. The number of fused-ring (bicyclic) bond motifs is 2. The number of carbonyl (C=O) groups is 1. The number of nitrogens with zero attached hydrogens (tertiary/aromatic N) is 2. The normalized spacial score (nSPS) is 35.1. The Morgan fingerprint density at radius 3 is 2.56 bits per heavy atom. The number of amides is 1. The zero-order valence-electron chi connectivity index (χ0n) is 9.89. The molecule has 0 radical (unpaired) electrons. The number of hydrogen-bond acceptors (Lipinski definition) is 2. The van der Waals surface area contributed by atoms with Gasteiger partial charge in [0.25, 0.3) is 0 Å². The highest BCUT2D eigenvalue weighted by atomic mass is 16.2. The van der Waals surface area contributed by atoms with Crippen molar-refractivity contribution in [3.8, 4) is 6.07 Å². The average Bonchev–Trinajstić information content (AvgIpc) is 2.89. The molecule has 0 spiro atoms. The SMILES string of the molecule is CCN(CC)C(=O)C1C2C=CC(C2)C1C#N. The molecule has 2 aliphatic carbocycles. The van der Waals surface area contributed by atoms with E-state index in [1.807, 2.05) is 18.7 Å². The Hall–Kier alpha value is -1.30. The van der Waals surface area contributed by atoms with E-state index in [9.17, 15) is 10.1 Å². The molecule has 2 bridgehead atoms. The van der Waals surface area contributed by atoms with E-state index in [0.717, 1.165) is 19.5 Å². The van der Waals surface area contributed by atoms with E-state index in [2.05, 4.69) is 18.2 Å². The van der Waals surface area contributed by atoms with Crippen LogP contribution in [0.5, 0.6) is 0 Å². The van der Waals surface area contributed by atoms with Crippen LogP contribution in [-0.2, 0) is 4.79 Å². The van der Waals surface area contributed by atoms with Crippen LogP contribution >= 0.6 is 0 Å². The van der Waals surface area contributed by atoms with Gasteiger partial charge in [-0.15, -0.1) is 0 Å². The van der Waals surface area contributed by atoms with Gasteiger partial charge in [-0.2, -0.15) is 5.26 Å². The second-order valence-corrected chi connectivity index (χ2v) is 4.64. The van der Waals surface area contributed by atoms with Crippen molar-refractivity contribution in [1.82, 2.24) is 4.90 Å². The number of allylic oxidation sites excluding steroid dienone is 2.